The normalized spacial score (nSPS) is 14.0. The molecule has 1 saturated heterocycles. The molecule has 1 aliphatic rings. The van der Waals surface area contributed by atoms with Crippen molar-refractivity contribution in [2.24, 2.45) is 0 Å². The third kappa shape index (κ3) is 6.30. The fraction of sp³-hybridized carbons (Fsp3) is 0.471. The second-order valence-electron chi connectivity index (χ2n) is 5.86. The number of thioether (sulfide) groups is 1. The van der Waals surface area contributed by atoms with E-state index in [1.807, 2.05) is 28.8 Å². The number of nitrogens with zero attached hydrogens (tertiary/aromatic N) is 2. The van der Waals surface area contributed by atoms with Gasteiger partial charge in [0.2, 0.25) is 5.91 Å². The Labute approximate surface area is 151 Å². The van der Waals surface area contributed by atoms with Crippen LogP contribution in [0.3, 0.4) is 0 Å². The Bertz CT molecular complexity index is 615. The molecule has 1 aromatic carbocycles. The van der Waals surface area contributed by atoms with E-state index in [-0.39, 0.29) is 24.9 Å². The molecular weight excluding hydrogens is 342 g/mol. The Hall–Kier alpha value is -2.22. The van der Waals surface area contributed by atoms with Crippen molar-refractivity contribution in [3.05, 3.63) is 29.8 Å². The quantitative estimate of drug-likeness (QED) is 0.801. The van der Waals surface area contributed by atoms with Gasteiger partial charge in [0.05, 0.1) is 12.8 Å². The van der Waals surface area contributed by atoms with Crippen LogP contribution >= 0.6 is 11.8 Å². The summed E-state index contributed by atoms with van der Waals surface area (Å²) in [6, 6.07) is 6.78. The van der Waals surface area contributed by atoms with Gasteiger partial charge in [0.25, 0.3) is 0 Å². The summed E-state index contributed by atoms with van der Waals surface area (Å²) in [5.41, 5.74) is 1.51. The number of carbonyl (C=O) groups is 3. The molecule has 0 radical (unpaired) electrons. The van der Waals surface area contributed by atoms with Crippen LogP contribution in [0.25, 0.3) is 0 Å². The number of hydrogen-bond donors (Lipinski definition) is 2. The van der Waals surface area contributed by atoms with Gasteiger partial charge in [-0.1, -0.05) is 12.1 Å². The Morgan fingerprint density at radius 3 is 2.44 bits per heavy atom. The smallest absolute Gasteiger partial charge is 0.321 e. The molecule has 0 aliphatic carbocycles. The van der Waals surface area contributed by atoms with Crippen LogP contribution in [-0.2, 0) is 16.0 Å². The molecule has 136 valence electrons. The maximum Gasteiger partial charge on any atom is 0.321 e. The number of hydrogen-bond acceptors (Lipinski definition) is 4. The monoisotopic (exact) mass is 365 g/mol. The van der Waals surface area contributed by atoms with Crippen molar-refractivity contribution >= 4 is 35.4 Å². The van der Waals surface area contributed by atoms with Crippen LogP contribution in [0.15, 0.2) is 24.3 Å². The molecule has 0 bridgehead atoms. The molecule has 25 heavy (non-hydrogen) atoms. The van der Waals surface area contributed by atoms with Gasteiger partial charge in [-0.05, 0) is 17.7 Å². The second kappa shape index (κ2) is 9.31. The number of benzene rings is 1. The minimum absolute atomic E-state index is 0.0972. The Morgan fingerprint density at radius 2 is 1.84 bits per heavy atom. The van der Waals surface area contributed by atoms with Crippen LogP contribution in [0.5, 0.6) is 0 Å². The summed E-state index contributed by atoms with van der Waals surface area (Å²) in [5.74, 6) is 1.17. The average molecular weight is 365 g/mol. The summed E-state index contributed by atoms with van der Waals surface area (Å²) < 4.78 is 0. The highest BCUT2D eigenvalue weighted by atomic mass is 32.2. The number of carboxylic acids is 1. The zero-order chi connectivity index (χ0) is 18.2. The van der Waals surface area contributed by atoms with Gasteiger partial charge in [-0.2, -0.15) is 11.8 Å². The summed E-state index contributed by atoms with van der Waals surface area (Å²) in [4.78, 5) is 37.9. The van der Waals surface area contributed by atoms with Crippen molar-refractivity contribution in [1.82, 2.24) is 9.80 Å². The number of anilines is 1. The predicted octanol–water partition coefficient (Wildman–Crippen LogP) is 1.74. The lowest BCUT2D eigenvalue weighted by atomic mass is 10.1. The van der Waals surface area contributed by atoms with Gasteiger partial charge in [0, 0.05) is 43.9 Å². The number of carboxylic acid groups (broad SMARTS) is 1. The van der Waals surface area contributed by atoms with E-state index in [0.717, 1.165) is 30.2 Å². The lowest BCUT2D eigenvalue weighted by Gasteiger charge is -2.26. The predicted molar refractivity (Wildman–Crippen MR) is 98.0 cm³/mol. The van der Waals surface area contributed by atoms with Crippen molar-refractivity contribution in [2.45, 2.75) is 12.8 Å². The first-order valence-electron chi connectivity index (χ1n) is 8.14. The minimum Gasteiger partial charge on any atom is -0.481 e. The van der Waals surface area contributed by atoms with E-state index >= 15 is 0 Å². The summed E-state index contributed by atoms with van der Waals surface area (Å²) in [7, 11) is 1.54. The number of aliphatic carboxylic acids is 1. The maximum absolute atomic E-state index is 12.2. The van der Waals surface area contributed by atoms with Crippen molar-refractivity contribution < 1.29 is 19.5 Å². The number of urea groups is 1. The number of carbonyl (C=O) groups excluding carboxylic acids is 2. The van der Waals surface area contributed by atoms with Crippen LogP contribution in [0, 0.1) is 0 Å². The summed E-state index contributed by atoms with van der Waals surface area (Å²) in [6.07, 6.45) is 0.261. The van der Waals surface area contributed by atoms with E-state index in [1.165, 1.54) is 4.90 Å². The van der Waals surface area contributed by atoms with Crippen LogP contribution in [0.4, 0.5) is 10.5 Å². The number of amides is 3. The van der Waals surface area contributed by atoms with Gasteiger partial charge < -0.3 is 20.2 Å². The third-order valence-corrected chi connectivity index (χ3v) is 4.87. The standard InChI is InChI=1S/C17H23N3O4S/c1-19(7-6-16(22)23)17(24)18-14-4-2-13(3-5-14)12-15(21)20-8-10-25-11-9-20/h2-5H,6-12H2,1H3,(H,18,24)(H,22,23). The summed E-state index contributed by atoms with van der Waals surface area (Å²) in [6.45, 7) is 1.75. The highest BCUT2D eigenvalue weighted by molar-refractivity contribution is 7.99. The fourth-order valence-corrected chi connectivity index (χ4v) is 3.29. The summed E-state index contributed by atoms with van der Waals surface area (Å²) in [5, 5.41) is 11.3. The average Bonchev–Trinajstić information content (AvgIpc) is 2.62. The molecule has 2 rings (SSSR count). The third-order valence-electron chi connectivity index (χ3n) is 3.93. The van der Waals surface area contributed by atoms with E-state index in [1.54, 1.807) is 19.2 Å². The van der Waals surface area contributed by atoms with Gasteiger partial charge in [0.1, 0.15) is 0 Å². The molecule has 1 heterocycles. The van der Waals surface area contributed by atoms with Crippen molar-refractivity contribution in [3.8, 4) is 0 Å². The molecule has 0 atom stereocenters. The molecule has 2 N–H and O–H groups in total. The van der Waals surface area contributed by atoms with Crippen LogP contribution in [0.1, 0.15) is 12.0 Å². The van der Waals surface area contributed by atoms with E-state index in [9.17, 15) is 14.4 Å². The highest BCUT2D eigenvalue weighted by Crippen LogP contribution is 2.14. The molecule has 0 aromatic heterocycles. The zero-order valence-corrected chi connectivity index (χ0v) is 15.1. The first-order valence-corrected chi connectivity index (χ1v) is 9.29. The first-order chi connectivity index (χ1) is 12.0. The largest absolute Gasteiger partial charge is 0.481 e. The van der Waals surface area contributed by atoms with Crippen LogP contribution in [-0.4, -0.2) is 71.0 Å². The lowest BCUT2D eigenvalue weighted by molar-refractivity contribution is -0.137. The molecule has 1 aromatic rings. The van der Waals surface area contributed by atoms with E-state index in [0.29, 0.717) is 12.1 Å². The molecule has 7 nitrogen and oxygen atoms in total. The van der Waals surface area contributed by atoms with Gasteiger partial charge in [-0.3, -0.25) is 9.59 Å². The highest BCUT2D eigenvalue weighted by Gasteiger charge is 2.17. The van der Waals surface area contributed by atoms with E-state index in [4.69, 9.17) is 5.11 Å². The van der Waals surface area contributed by atoms with Gasteiger partial charge in [-0.15, -0.1) is 0 Å². The maximum atomic E-state index is 12.2. The van der Waals surface area contributed by atoms with E-state index < -0.39 is 5.97 Å². The summed E-state index contributed by atoms with van der Waals surface area (Å²) >= 11 is 1.87. The number of nitrogens with one attached hydrogen (secondary N) is 1. The van der Waals surface area contributed by atoms with Crippen molar-refractivity contribution in [2.75, 3.05) is 43.5 Å². The number of rotatable bonds is 6. The second-order valence-corrected chi connectivity index (χ2v) is 7.09. The Morgan fingerprint density at radius 1 is 1.20 bits per heavy atom. The molecule has 3 amide bonds. The molecule has 0 spiro atoms. The molecule has 1 aliphatic heterocycles. The van der Waals surface area contributed by atoms with Gasteiger partial charge >= 0.3 is 12.0 Å². The van der Waals surface area contributed by atoms with Crippen molar-refractivity contribution in [3.63, 3.8) is 0 Å². The van der Waals surface area contributed by atoms with Gasteiger partial charge in [0.15, 0.2) is 0 Å². The Kier molecular flexibility index (Phi) is 7.12. The molecule has 0 saturated carbocycles. The molecule has 0 unspecified atom stereocenters. The molecule has 8 heteroatoms. The molecular formula is C17H23N3O4S. The fourth-order valence-electron chi connectivity index (χ4n) is 2.39. The first kappa shape index (κ1) is 19.1. The van der Waals surface area contributed by atoms with Gasteiger partial charge in [-0.25, -0.2) is 4.79 Å². The SMILES string of the molecule is CN(CCC(=O)O)C(=O)Nc1ccc(CC(=O)N2CCSCC2)cc1. The zero-order valence-electron chi connectivity index (χ0n) is 14.2. The van der Waals surface area contributed by atoms with Crippen molar-refractivity contribution in [1.29, 1.82) is 0 Å². The van der Waals surface area contributed by atoms with Crippen LogP contribution < -0.4 is 5.32 Å². The van der Waals surface area contributed by atoms with E-state index in [2.05, 4.69) is 5.32 Å². The van der Waals surface area contributed by atoms with Crippen LogP contribution in [0.2, 0.25) is 0 Å². The minimum atomic E-state index is -0.944. The lowest BCUT2D eigenvalue weighted by Crippen LogP contribution is -2.38. The Balaban J connectivity index is 1.83. The topological polar surface area (TPSA) is 90.0 Å². The molecule has 1 fully saturated rings.